The summed E-state index contributed by atoms with van der Waals surface area (Å²) in [7, 11) is 0. The van der Waals surface area contributed by atoms with Gasteiger partial charge in [0.25, 0.3) is 5.91 Å². The number of anilines is 1. The average Bonchev–Trinajstić information content (AvgIpc) is 2.76. The van der Waals surface area contributed by atoms with E-state index < -0.39 is 0 Å². The molecule has 1 aromatic heterocycles. The van der Waals surface area contributed by atoms with Crippen molar-refractivity contribution in [2.45, 2.75) is 18.7 Å². The summed E-state index contributed by atoms with van der Waals surface area (Å²) in [6.45, 7) is 3.91. The molecule has 0 fully saturated rings. The van der Waals surface area contributed by atoms with Crippen LogP contribution in [0.15, 0.2) is 29.6 Å². The number of alkyl halides is 1. The van der Waals surface area contributed by atoms with E-state index in [0.717, 1.165) is 16.3 Å². The lowest BCUT2D eigenvalue weighted by molar-refractivity contribution is 0.102. The van der Waals surface area contributed by atoms with Crippen LogP contribution < -0.4 is 5.32 Å². The highest BCUT2D eigenvalue weighted by Gasteiger charge is 2.13. The van der Waals surface area contributed by atoms with Crippen LogP contribution in [0.1, 0.15) is 32.8 Å². The van der Waals surface area contributed by atoms with Crippen molar-refractivity contribution in [1.29, 1.82) is 0 Å². The van der Waals surface area contributed by atoms with Crippen LogP contribution in [0.25, 0.3) is 0 Å². The molecule has 0 aliphatic heterocycles. The summed E-state index contributed by atoms with van der Waals surface area (Å²) in [5, 5.41) is 5.56. The van der Waals surface area contributed by atoms with Gasteiger partial charge in [0.1, 0.15) is 5.69 Å². The van der Waals surface area contributed by atoms with Crippen LogP contribution in [0.4, 0.5) is 5.69 Å². The standard InChI is InChI=1S/C13H13BrN2OS/c1-8(14)10-5-3-4-6-11(10)16-13(17)12-7-18-9(2)15-12/h3-8H,1-2H3,(H,16,17). The Morgan fingerprint density at radius 3 is 2.78 bits per heavy atom. The van der Waals surface area contributed by atoms with E-state index in [9.17, 15) is 4.79 Å². The second kappa shape index (κ2) is 5.63. The molecule has 0 bridgehead atoms. The number of hydrogen-bond donors (Lipinski definition) is 1. The highest BCUT2D eigenvalue weighted by Crippen LogP contribution is 2.28. The number of nitrogens with one attached hydrogen (secondary N) is 1. The summed E-state index contributed by atoms with van der Waals surface area (Å²) >= 11 is 4.99. The summed E-state index contributed by atoms with van der Waals surface area (Å²) in [6, 6.07) is 7.74. The number of aromatic nitrogens is 1. The van der Waals surface area contributed by atoms with E-state index in [4.69, 9.17) is 0 Å². The van der Waals surface area contributed by atoms with Gasteiger partial charge in [-0.05, 0) is 25.5 Å². The molecule has 0 saturated heterocycles. The van der Waals surface area contributed by atoms with Gasteiger partial charge in [-0.15, -0.1) is 11.3 Å². The van der Waals surface area contributed by atoms with E-state index in [0.29, 0.717) is 5.69 Å². The molecule has 1 unspecified atom stereocenters. The third-order valence-corrected chi connectivity index (χ3v) is 3.76. The fourth-order valence-electron chi connectivity index (χ4n) is 1.61. The van der Waals surface area contributed by atoms with Crippen LogP contribution in [0.3, 0.4) is 0 Å². The van der Waals surface area contributed by atoms with E-state index in [2.05, 4.69) is 26.2 Å². The fraction of sp³-hybridized carbons (Fsp3) is 0.231. The van der Waals surface area contributed by atoms with Gasteiger partial charge in [0, 0.05) is 15.9 Å². The Morgan fingerprint density at radius 1 is 1.44 bits per heavy atom. The van der Waals surface area contributed by atoms with Crippen molar-refractivity contribution in [3.63, 3.8) is 0 Å². The molecule has 94 valence electrons. The lowest BCUT2D eigenvalue weighted by Gasteiger charge is -2.11. The first-order valence-corrected chi connectivity index (χ1v) is 7.34. The minimum atomic E-state index is -0.167. The average molecular weight is 325 g/mol. The van der Waals surface area contributed by atoms with E-state index in [1.54, 1.807) is 5.38 Å². The molecule has 1 N–H and O–H groups in total. The Balaban J connectivity index is 2.22. The Kier molecular flexibility index (Phi) is 4.14. The molecule has 0 aliphatic carbocycles. The SMILES string of the molecule is Cc1nc(C(=O)Nc2ccccc2C(C)Br)cs1. The number of para-hydroxylation sites is 1. The van der Waals surface area contributed by atoms with E-state index >= 15 is 0 Å². The molecular formula is C13H13BrN2OS. The van der Waals surface area contributed by atoms with Crippen molar-refractivity contribution in [2.24, 2.45) is 0 Å². The van der Waals surface area contributed by atoms with Crippen molar-refractivity contribution >= 4 is 38.9 Å². The van der Waals surface area contributed by atoms with Crippen LogP contribution in [-0.4, -0.2) is 10.9 Å². The first-order valence-electron chi connectivity index (χ1n) is 5.54. The largest absolute Gasteiger partial charge is 0.320 e. The van der Waals surface area contributed by atoms with Crippen molar-refractivity contribution in [2.75, 3.05) is 5.32 Å². The van der Waals surface area contributed by atoms with Crippen LogP contribution in [0.5, 0.6) is 0 Å². The Morgan fingerprint density at radius 2 is 2.17 bits per heavy atom. The number of carbonyl (C=O) groups is 1. The van der Waals surface area contributed by atoms with Crippen LogP contribution >= 0.6 is 27.3 Å². The fourth-order valence-corrected chi connectivity index (χ4v) is 2.60. The summed E-state index contributed by atoms with van der Waals surface area (Å²) < 4.78 is 0. The molecule has 2 aromatic rings. The molecule has 0 aliphatic rings. The lowest BCUT2D eigenvalue weighted by atomic mass is 10.1. The summed E-state index contributed by atoms with van der Waals surface area (Å²) in [6.07, 6.45) is 0. The van der Waals surface area contributed by atoms with Gasteiger partial charge in [-0.3, -0.25) is 4.79 Å². The highest BCUT2D eigenvalue weighted by molar-refractivity contribution is 9.09. The highest BCUT2D eigenvalue weighted by atomic mass is 79.9. The van der Waals surface area contributed by atoms with Gasteiger partial charge < -0.3 is 5.32 Å². The van der Waals surface area contributed by atoms with Gasteiger partial charge >= 0.3 is 0 Å². The van der Waals surface area contributed by atoms with Gasteiger partial charge in [0.05, 0.1) is 5.01 Å². The maximum absolute atomic E-state index is 12.0. The van der Waals surface area contributed by atoms with Gasteiger partial charge in [0.15, 0.2) is 0 Å². The normalized spacial score (nSPS) is 12.2. The molecule has 1 aromatic carbocycles. The third-order valence-electron chi connectivity index (χ3n) is 2.49. The van der Waals surface area contributed by atoms with Crippen molar-refractivity contribution in [1.82, 2.24) is 4.98 Å². The number of benzene rings is 1. The predicted molar refractivity (Wildman–Crippen MR) is 78.6 cm³/mol. The number of carbonyl (C=O) groups excluding carboxylic acids is 1. The van der Waals surface area contributed by atoms with E-state index in [1.165, 1.54) is 11.3 Å². The molecule has 1 amide bonds. The zero-order chi connectivity index (χ0) is 13.1. The van der Waals surface area contributed by atoms with Crippen molar-refractivity contribution < 1.29 is 4.79 Å². The number of hydrogen-bond acceptors (Lipinski definition) is 3. The summed E-state index contributed by atoms with van der Waals surface area (Å²) in [5.41, 5.74) is 2.34. The maximum atomic E-state index is 12.0. The Hall–Kier alpha value is -1.20. The van der Waals surface area contributed by atoms with Gasteiger partial charge in [-0.25, -0.2) is 4.98 Å². The van der Waals surface area contributed by atoms with Crippen molar-refractivity contribution in [3.05, 3.63) is 45.9 Å². The molecule has 0 spiro atoms. The number of aryl methyl sites for hydroxylation is 1. The van der Waals surface area contributed by atoms with E-state index in [-0.39, 0.29) is 10.7 Å². The number of nitrogens with zero attached hydrogens (tertiary/aromatic N) is 1. The number of halogens is 1. The molecule has 0 saturated carbocycles. The van der Waals surface area contributed by atoms with Gasteiger partial charge in [-0.1, -0.05) is 34.1 Å². The minimum Gasteiger partial charge on any atom is -0.320 e. The van der Waals surface area contributed by atoms with Crippen LogP contribution in [0.2, 0.25) is 0 Å². The zero-order valence-corrected chi connectivity index (χ0v) is 12.5. The molecule has 1 heterocycles. The molecule has 2 rings (SSSR count). The predicted octanol–water partition coefficient (Wildman–Crippen LogP) is 4.16. The second-order valence-electron chi connectivity index (χ2n) is 3.91. The second-order valence-corrected chi connectivity index (χ2v) is 6.34. The number of rotatable bonds is 3. The Bertz CT molecular complexity index is 566. The maximum Gasteiger partial charge on any atom is 0.275 e. The Labute approximate surface area is 118 Å². The smallest absolute Gasteiger partial charge is 0.275 e. The van der Waals surface area contributed by atoms with Crippen molar-refractivity contribution in [3.8, 4) is 0 Å². The lowest BCUT2D eigenvalue weighted by Crippen LogP contribution is -2.13. The molecule has 1 atom stereocenters. The zero-order valence-electron chi connectivity index (χ0n) is 10.1. The minimum absolute atomic E-state index is 0.167. The monoisotopic (exact) mass is 324 g/mol. The van der Waals surface area contributed by atoms with Gasteiger partial charge in [0.2, 0.25) is 0 Å². The number of thiazole rings is 1. The van der Waals surface area contributed by atoms with Gasteiger partial charge in [-0.2, -0.15) is 0 Å². The topological polar surface area (TPSA) is 42.0 Å². The molecule has 18 heavy (non-hydrogen) atoms. The molecule has 3 nitrogen and oxygen atoms in total. The third kappa shape index (κ3) is 2.97. The quantitative estimate of drug-likeness (QED) is 0.861. The molecular weight excluding hydrogens is 312 g/mol. The molecule has 0 radical (unpaired) electrons. The first kappa shape index (κ1) is 13.2. The van der Waals surface area contributed by atoms with Crippen LogP contribution in [-0.2, 0) is 0 Å². The molecule has 5 heteroatoms. The summed E-state index contributed by atoms with van der Waals surface area (Å²) in [5.74, 6) is -0.167. The van der Waals surface area contributed by atoms with Crippen LogP contribution in [0, 0.1) is 6.92 Å². The first-order chi connectivity index (χ1) is 8.58. The van der Waals surface area contributed by atoms with E-state index in [1.807, 2.05) is 38.1 Å². The summed E-state index contributed by atoms with van der Waals surface area (Å²) in [4.78, 5) is 16.4. The number of amides is 1.